The molecule has 2 saturated heterocycles. The number of hydrogen-bond donors (Lipinski definition) is 0. The number of nitrogens with zero attached hydrogens (tertiary/aromatic N) is 1. The molecular formula is C23H29N. The lowest BCUT2D eigenvalue weighted by Crippen LogP contribution is -2.49. The first kappa shape index (κ1) is 15.9. The molecule has 0 radical (unpaired) electrons. The van der Waals surface area contributed by atoms with Crippen molar-refractivity contribution in [1.82, 2.24) is 4.90 Å². The third-order valence-electron chi connectivity index (χ3n) is 6.41. The Labute approximate surface area is 146 Å². The minimum Gasteiger partial charge on any atom is -0.300 e. The van der Waals surface area contributed by atoms with Gasteiger partial charge in [-0.3, -0.25) is 0 Å². The van der Waals surface area contributed by atoms with Gasteiger partial charge in [-0.2, -0.15) is 0 Å². The monoisotopic (exact) mass is 319 g/mol. The molecular weight excluding hydrogens is 290 g/mol. The number of piperidine rings is 2. The van der Waals surface area contributed by atoms with Crippen LogP contribution >= 0.6 is 0 Å². The highest BCUT2D eigenvalue weighted by Crippen LogP contribution is 2.41. The maximum Gasteiger partial charge on any atom is 0.00978 e. The van der Waals surface area contributed by atoms with Crippen molar-refractivity contribution < 1.29 is 0 Å². The van der Waals surface area contributed by atoms with Crippen LogP contribution in [0.5, 0.6) is 0 Å². The van der Waals surface area contributed by atoms with Crippen LogP contribution in [-0.2, 0) is 0 Å². The van der Waals surface area contributed by atoms with Gasteiger partial charge < -0.3 is 4.90 Å². The zero-order valence-electron chi connectivity index (χ0n) is 14.8. The molecule has 0 saturated carbocycles. The highest BCUT2D eigenvalue weighted by atomic mass is 15.2. The summed E-state index contributed by atoms with van der Waals surface area (Å²) in [5.74, 6) is 1.41. The fourth-order valence-electron chi connectivity index (χ4n) is 5.09. The van der Waals surface area contributed by atoms with Crippen molar-refractivity contribution in [2.75, 3.05) is 7.05 Å². The fourth-order valence-corrected chi connectivity index (χ4v) is 5.09. The molecule has 0 aromatic heterocycles. The van der Waals surface area contributed by atoms with Gasteiger partial charge in [0, 0.05) is 18.0 Å². The molecule has 2 aliphatic rings. The fraction of sp³-hybridized carbons (Fsp3) is 0.478. The van der Waals surface area contributed by atoms with Crippen LogP contribution in [-0.4, -0.2) is 24.0 Å². The Morgan fingerprint density at radius 1 is 0.833 bits per heavy atom. The molecule has 4 rings (SSSR count). The largest absolute Gasteiger partial charge is 0.300 e. The average molecular weight is 319 g/mol. The van der Waals surface area contributed by atoms with E-state index in [0.717, 1.165) is 18.0 Å². The van der Waals surface area contributed by atoms with Crippen molar-refractivity contribution in [2.45, 2.75) is 56.5 Å². The van der Waals surface area contributed by atoms with E-state index >= 15 is 0 Å². The van der Waals surface area contributed by atoms with Crippen molar-refractivity contribution in [3.8, 4) is 0 Å². The molecule has 126 valence electrons. The summed E-state index contributed by atoms with van der Waals surface area (Å²) >= 11 is 0. The van der Waals surface area contributed by atoms with Crippen LogP contribution in [0.4, 0.5) is 0 Å². The molecule has 2 bridgehead atoms. The van der Waals surface area contributed by atoms with Crippen LogP contribution in [0, 0.1) is 5.92 Å². The lowest BCUT2D eigenvalue weighted by molar-refractivity contribution is 0.0331. The van der Waals surface area contributed by atoms with E-state index in [1.165, 1.54) is 49.7 Å². The molecule has 0 spiro atoms. The molecule has 2 aromatic rings. The van der Waals surface area contributed by atoms with E-state index in [1.807, 2.05) is 0 Å². The zero-order valence-corrected chi connectivity index (χ0v) is 14.8. The van der Waals surface area contributed by atoms with Crippen LogP contribution in [0.3, 0.4) is 0 Å². The van der Waals surface area contributed by atoms with Crippen LogP contribution in [0.15, 0.2) is 60.7 Å². The SMILES string of the molecule is CN1[C@@H]2CCC[C@H]1CC(CC(c1ccccc1)c1ccccc1)C2. The third kappa shape index (κ3) is 3.28. The highest BCUT2D eigenvalue weighted by Gasteiger charge is 2.36. The van der Waals surface area contributed by atoms with Crippen LogP contribution < -0.4 is 0 Å². The Hall–Kier alpha value is -1.60. The van der Waals surface area contributed by atoms with E-state index in [1.54, 1.807) is 0 Å². The predicted molar refractivity (Wildman–Crippen MR) is 101 cm³/mol. The van der Waals surface area contributed by atoms with Gasteiger partial charge in [-0.05, 0) is 56.2 Å². The Kier molecular flexibility index (Phi) is 4.71. The number of benzene rings is 2. The Morgan fingerprint density at radius 2 is 1.33 bits per heavy atom. The molecule has 1 unspecified atom stereocenters. The normalized spacial score (nSPS) is 27.3. The summed E-state index contributed by atoms with van der Waals surface area (Å²) in [5, 5.41) is 0. The number of hydrogen-bond acceptors (Lipinski definition) is 1. The molecule has 2 aliphatic heterocycles. The van der Waals surface area contributed by atoms with E-state index in [9.17, 15) is 0 Å². The summed E-state index contributed by atoms with van der Waals surface area (Å²) in [6.07, 6.45) is 8.34. The second kappa shape index (κ2) is 7.11. The summed E-state index contributed by atoms with van der Waals surface area (Å²) in [4.78, 5) is 2.68. The van der Waals surface area contributed by atoms with Gasteiger partial charge in [0.1, 0.15) is 0 Å². The lowest BCUT2D eigenvalue weighted by atomic mass is 9.73. The molecule has 1 nitrogen and oxygen atoms in total. The second-order valence-electron chi connectivity index (χ2n) is 7.85. The van der Waals surface area contributed by atoms with Crippen molar-refractivity contribution in [3.63, 3.8) is 0 Å². The first-order valence-electron chi connectivity index (χ1n) is 9.63. The number of rotatable bonds is 4. The molecule has 2 fully saturated rings. The molecule has 2 aromatic carbocycles. The van der Waals surface area contributed by atoms with E-state index in [4.69, 9.17) is 0 Å². The van der Waals surface area contributed by atoms with E-state index < -0.39 is 0 Å². The molecule has 2 heterocycles. The minimum atomic E-state index is 0.543. The maximum atomic E-state index is 2.68. The lowest BCUT2D eigenvalue weighted by Gasteiger charge is -2.47. The molecule has 24 heavy (non-hydrogen) atoms. The van der Waals surface area contributed by atoms with Gasteiger partial charge in [0.15, 0.2) is 0 Å². The topological polar surface area (TPSA) is 3.24 Å². The van der Waals surface area contributed by atoms with Crippen molar-refractivity contribution in [1.29, 1.82) is 0 Å². The first-order valence-corrected chi connectivity index (χ1v) is 9.63. The molecule has 3 atom stereocenters. The summed E-state index contributed by atoms with van der Waals surface area (Å²) in [6.45, 7) is 0. The van der Waals surface area contributed by atoms with Crippen molar-refractivity contribution in [2.24, 2.45) is 5.92 Å². The van der Waals surface area contributed by atoms with Gasteiger partial charge in [0.2, 0.25) is 0 Å². The van der Waals surface area contributed by atoms with Crippen molar-refractivity contribution in [3.05, 3.63) is 71.8 Å². The minimum absolute atomic E-state index is 0.543. The first-order chi connectivity index (χ1) is 11.8. The number of fused-ring (bicyclic) bond motifs is 2. The van der Waals surface area contributed by atoms with E-state index in [-0.39, 0.29) is 0 Å². The van der Waals surface area contributed by atoms with Gasteiger partial charge in [-0.15, -0.1) is 0 Å². The molecule has 0 aliphatic carbocycles. The van der Waals surface area contributed by atoms with Gasteiger partial charge in [-0.1, -0.05) is 67.1 Å². The molecule has 0 amide bonds. The Morgan fingerprint density at radius 3 is 1.83 bits per heavy atom. The van der Waals surface area contributed by atoms with Gasteiger partial charge in [0.05, 0.1) is 0 Å². The van der Waals surface area contributed by atoms with Gasteiger partial charge in [0.25, 0.3) is 0 Å². The summed E-state index contributed by atoms with van der Waals surface area (Å²) in [5.41, 5.74) is 2.96. The van der Waals surface area contributed by atoms with Gasteiger partial charge in [-0.25, -0.2) is 0 Å². The molecule has 1 heteroatoms. The summed E-state index contributed by atoms with van der Waals surface area (Å²) < 4.78 is 0. The predicted octanol–water partition coefficient (Wildman–Crippen LogP) is 5.47. The Bertz CT molecular complexity index is 582. The maximum absolute atomic E-state index is 2.68. The second-order valence-corrected chi connectivity index (χ2v) is 7.85. The van der Waals surface area contributed by atoms with Crippen LogP contribution in [0.2, 0.25) is 0 Å². The van der Waals surface area contributed by atoms with Crippen LogP contribution in [0.1, 0.15) is 55.6 Å². The molecule has 0 N–H and O–H groups in total. The third-order valence-corrected chi connectivity index (χ3v) is 6.41. The highest BCUT2D eigenvalue weighted by molar-refractivity contribution is 5.32. The Balaban J connectivity index is 1.57. The van der Waals surface area contributed by atoms with Crippen molar-refractivity contribution >= 4 is 0 Å². The zero-order chi connectivity index (χ0) is 16.4. The van der Waals surface area contributed by atoms with E-state index in [0.29, 0.717) is 5.92 Å². The summed E-state index contributed by atoms with van der Waals surface area (Å²) in [6, 6.07) is 23.9. The smallest absolute Gasteiger partial charge is 0.00978 e. The standard InChI is InChI=1S/C23H29N/c1-24-21-13-8-14-22(24)16-18(15-21)17-23(19-9-4-2-5-10-19)20-11-6-3-7-12-20/h2-7,9-12,18,21-23H,8,13-17H2,1H3/t18?,21-,22+. The van der Waals surface area contributed by atoms with E-state index in [2.05, 4.69) is 72.6 Å². The van der Waals surface area contributed by atoms with Gasteiger partial charge >= 0.3 is 0 Å². The quantitative estimate of drug-likeness (QED) is 0.722. The van der Waals surface area contributed by atoms with Crippen LogP contribution in [0.25, 0.3) is 0 Å². The average Bonchev–Trinajstić information content (AvgIpc) is 2.62. The summed E-state index contributed by atoms with van der Waals surface area (Å²) in [7, 11) is 2.36.